The van der Waals surface area contributed by atoms with Crippen LogP contribution in [0.5, 0.6) is 17.2 Å². The number of likely N-dealkylation sites (N-methyl/N-ethyl adjacent to an activating group) is 1. The maximum atomic E-state index is 13.5. The Morgan fingerprint density at radius 1 is 0.867 bits per heavy atom. The molecule has 1 aliphatic rings. The molecule has 60 heavy (non-hydrogen) atoms. The van der Waals surface area contributed by atoms with Gasteiger partial charge >= 0.3 is 6.03 Å². The van der Waals surface area contributed by atoms with Gasteiger partial charge in [-0.25, -0.2) is 18.2 Å². The molecule has 0 saturated carbocycles. The van der Waals surface area contributed by atoms with Gasteiger partial charge in [-0.05, 0) is 66.6 Å². The Kier molecular flexibility index (Phi) is 13.4. The van der Waals surface area contributed by atoms with Crippen molar-refractivity contribution in [3.8, 4) is 17.2 Å². The minimum Gasteiger partial charge on any atom is -0.492 e. The lowest BCUT2D eigenvalue weighted by atomic mass is 9.86. The fourth-order valence-electron chi connectivity index (χ4n) is 6.88. The fraction of sp³-hybridized carbons (Fsp3) is 0.341. The third-order valence-corrected chi connectivity index (χ3v) is 10.7. The summed E-state index contributed by atoms with van der Waals surface area (Å²) in [6.45, 7) is 11.4. The molecule has 1 fully saturated rings. The number of ether oxygens (including phenoxy) is 2. The maximum Gasteiger partial charge on any atom is 0.323 e. The molecule has 0 spiro atoms. The molecule has 1 aliphatic heterocycles. The number of nitrogens with one attached hydrogen (secondary N) is 5. The normalized spacial score (nSPS) is 13.7. The molecule has 4 aromatic carbocycles. The van der Waals surface area contributed by atoms with Gasteiger partial charge in [0, 0.05) is 82.1 Å². The van der Waals surface area contributed by atoms with Crippen LogP contribution in [0.15, 0.2) is 85.1 Å². The lowest BCUT2D eigenvalue weighted by Gasteiger charge is -2.32. The zero-order valence-electron chi connectivity index (χ0n) is 35.5. The smallest absolute Gasteiger partial charge is 0.323 e. The summed E-state index contributed by atoms with van der Waals surface area (Å²) in [6.07, 6.45) is 2.70. The number of urea groups is 1. The van der Waals surface area contributed by atoms with E-state index in [1.165, 1.54) is 7.11 Å². The standard InChI is InChI=1S/C44H55N9O6S/c1-44(2,3)29-25-36(41(58-7)37(26-29)50-60(8,56)57)49-43(55)48-35-15-16-39(33-12-10-9-11-32(33)35)59-31-17-18-45-40(28-31)47-30-13-14-34(38(27-30)51(4)5)42(54)46-19-20-53-23-21-52(6)22-24-53/h9-18,25-28,50H,19-24H2,1-8H3,(H,45,47)(H,46,54)(H2,48,49,55). The van der Waals surface area contributed by atoms with Crippen LogP contribution in [-0.4, -0.2) is 109 Å². The molecule has 0 aliphatic carbocycles. The number of piperazine rings is 1. The van der Waals surface area contributed by atoms with E-state index in [0.29, 0.717) is 40.8 Å². The third kappa shape index (κ3) is 11.1. The van der Waals surface area contributed by atoms with Crippen molar-refractivity contribution in [2.24, 2.45) is 0 Å². The zero-order valence-corrected chi connectivity index (χ0v) is 36.3. The highest BCUT2D eigenvalue weighted by atomic mass is 32.2. The van der Waals surface area contributed by atoms with Crippen LogP contribution in [0.3, 0.4) is 0 Å². The first-order chi connectivity index (χ1) is 28.5. The van der Waals surface area contributed by atoms with E-state index in [4.69, 9.17) is 9.47 Å². The average Bonchev–Trinajstić information content (AvgIpc) is 3.18. The van der Waals surface area contributed by atoms with Gasteiger partial charge in [0.15, 0.2) is 5.75 Å². The average molecular weight is 838 g/mol. The zero-order chi connectivity index (χ0) is 43.2. The SMILES string of the molecule is COc1c(NC(=O)Nc2ccc(Oc3ccnc(Nc4ccc(C(=O)NCCN5CCN(C)CC5)c(N(C)C)c4)c3)c3ccccc23)cc(C(C)(C)C)cc1NS(C)(=O)=O. The number of carbonyl (C=O) groups excluding carboxylic acids is 2. The Balaban J connectivity index is 1.15. The second-order valence-electron chi connectivity index (χ2n) is 16.1. The molecule has 0 bridgehead atoms. The van der Waals surface area contributed by atoms with Gasteiger partial charge in [-0.1, -0.05) is 45.0 Å². The molecule has 5 aromatic rings. The summed E-state index contributed by atoms with van der Waals surface area (Å²) in [5.74, 6) is 1.69. The molecule has 5 N–H and O–H groups in total. The van der Waals surface area contributed by atoms with Crippen molar-refractivity contribution in [1.82, 2.24) is 20.1 Å². The van der Waals surface area contributed by atoms with E-state index >= 15 is 0 Å². The Morgan fingerprint density at radius 3 is 2.25 bits per heavy atom. The van der Waals surface area contributed by atoms with Gasteiger partial charge in [-0.15, -0.1) is 0 Å². The number of pyridine rings is 1. The highest BCUT2D eigenvalue weighted by Gasteiger charge is 2.23. The summed E-state index contributed by atoms with van der Waals surface area (Å²) in [4.78, 5) is 37.9. The molecule has 16 heteroatoms. The molecule has 6 rings (SSSR count). The molecule has 0 unspecified atom stereocenters. The lowest BCUT2D eigenvalue weighted by Crippen LogP contribution is -2.46. The van der Waals surface area contributed by atoms with Gasteiger partial charge in [-0.2, -0.15) is 0 Å². The Morgan fingerprint density at radius 2 is 1.57 bits per heavy atom. The van der Waals surface area contributed by atoms with E-state index in [2.05, 4.69) is 47.8 Å². The van der Waals surface area contributed by atoms with Gasteiger partial charge in [0.1, 0.15) is 17.3 Å². The fourth-order valence-corrected chi connectivity index (χ4v) is 7.43. The summed E-state index contributed by atoms with van der Waals surface area (Å²) in [5, 5.41) is 13.7. The summed E-state index contributed by atoms with van der Waals surface area (Å²) >= 11 is 0. The first kappa shape index (κ1) is 43.5. The summed E-state index contributed by atoms with van der Waals surface area (Å²) in [6, 6.07) is 23.1. The monoisotopic (exact) mass is 837 g/mol. The Bertz CT molecular complexity index is 2460. The van der Waals surface area contributed by atoms with Crippen LogP contribution in [0.2, 0.25) is 0 Å². The topological polar surface area (TPSA) is 169 Å². The number of nitrogens with zero attached hydrogens (tertiary/aromatic N) is 4. The molecule has 1 saturated heterocycles. The second kappa shape index (κ2) is 18.4. The number of anilines is 6. The van der Waals surface area contributed by atoms with E-state index in [1.54, 1.807) is 42.6 Å². The van der Waals surface area contributed by atoms with Crippen LogP contribution >= 0.6 is 0 Å². The van der Waals surface area contributed by atoms with Crippen molar-refractivity contribution in [3.05, 3.63) is 96.2 Å². The highest BCUT2D eigenvalue weighted by molar-refractivity contribution is 7.92. The van der Waals surface area contributed by atoms with Crippen LogP contribution in [0.4, 0.5) is 39.0 Å². The molecular formula is C44H55N9O6S. The molecule has 1 aromatic heterocycles. The predicted octanol–water partition coefficient (Wildman–Crippen LogP) is 7.14. The number of fused-ring (bicyclic) bond motifs is 1. The first-order valence-electron chi connectivity index (χ1n) is 19.7. The number of hydrogen-bond acceptors (Lipinski definition) is 11. The van der Waals surface area contributed by atoms with E-state index in [9.17, 15) is 18.0 Å². The molecule has 2 heterocycles. The van der Waals surface area contributed by atoms with Crippen LogP contribution in [0.1, 0.15) is 36.7 Å². The highest BCUT2D eigenvalue weighted by Crippen LogP contribution is 2.40. The molecule has 0 atom stereocenters. The summed E-state index contributed by atoms with van der Waals surface area (Å²) in [7, 11) is 3.71. The Labute approximate surface area is 352 Å². The van der Waals surface area contributed by atoms with Gasteiger partial charge < -0.3 is 40.5 Å². The third-order valence-electron chi connectivity index (χ3n) is 10.1. The first-order valence-corrected chi connectivity index (χ1v) is 21.6. The van der Waals surface area contributed by atoms with Crippen LogP contribution in [0, 0.1) is 0 Å². The van der Waals surface area contributed by atoms with E-state index in [0.717, 1.165) is 66.7 Å². The number of rotatable bonds is 14. The number of amides is 3. The lowest BCUT2D eigenvalue weighted by molar-refractivity contribution is 0.0941. The number of sulfonamides is 1. The van der Waals surface area contributed by atoms with Crippen molar-refractivity contribution < 1.29 is 27.5 Å². The Hall–Kier alpha value is -6.10. The number of aromatic nitrogens is 1. The maximum absolute atomic E-state index is 13.5. The van der Waals surface area contributed by atoms with E-state index in [-0.39, 0.29) is 22.8 Å². The number of methoxy groups -OCH3 is 1. The van der Waals surface area contributed by atoms with E-state index < -0.39 is 16.1 Å². The summed E-state index contributed by atoms with van der Waals surface area (Å²) in [5.41, 5.74) is 3.56. The molecule has 0 radical (unpaired) electrons. The van der Waals surface area contributed by atoms with Crippen LogP contribution in [-0.2, 0) is 15.4 Å². The minimum absolute atomic E-state index is 0.119. The largest absolute Gasteiger partial charge is 0.492 e. The molecule has 318 valence electrons. The van der Waals surface area contributed by atoms with Crippen molar-refractivity contribution >= 4 is 67.0 Å². The van der Waals surface area contributed by atoms with Gasteiger partial charge in [0.25, 0.3) is 5.91 Å². The van der Waals surface area contributed by atoms with Gasteiger partial charge in [0.05, 0.1) is 41.7 Å². The summed E-state index contributed by atoms with van der Waals surface area (Å²) < 4.78 is 38.9. The molecular weight excluding hydrogens is 783 g/mol. The number of benzene rings is 4. The van der Waals surface area contributed by atoms with Crippen molar-refractivity contribution in [2.45, 2.75) is 26.2 Å². The van der Waals surface area contributed by atoms with Crippen LogP contribution in [0.25, 0.3) is 10.8 Å². The molecule has 15 nitrogen and oxygen atoms in total. The quantitative estimate of drug-likeness (QED) is 0.0771. The predicted molar refractivity (Wildman–Crippen MR) is 241 cm³/mol. The van der Waals surface area contributed by atoms with Gasteiger partial charge in [0.2, 0.25) is 10.0 Å². The molecule has 3 amide bonds. The minimum atomic E-state index is -3.64. The van der Waals surface area contributed by atoms with Crippen molar-refractivity contribution in [3.63, 3.8) is 0 Å². The van der Waals surface area contributed by atoms with Crippen LogP contribution < -0.4 is 40.4 Å². The van der Waals surface area contributed by atoms with E-state index in [1.807, 2.05) is 82.2 Å². The van der Waals surface area contributed by atoms with Crippen molar-refractivity contribution in [2.75, 3.05) is 99.3 Å². The van der Waals surface area contributed by atoms with Gasteiger partial charge in [-0.3, -0.25) is 14.4 Å². The van der Waals surface area contributed by atoms with Crippen molar-refractivity contribution in [1.29, 1.82) is 0 Å². The number of carbonyl (C=O) groups is 2. The number of hydrogen-bond donors (Lipinski definition) is 5. The second-order valence-corrected chi connectivity index (χ2v) is 17.8.